The fourth-order valence-electron chi connectivity index (χ4n) is 7.94. The van der Waals surface area contributed by atoms with Crippen LogP contribution in [0.2, 0.25) is 0 Å². The normalized spacial score (nSPS) is 11.7. The summed E-state index contributed by atoms with van der Waals surface area (Å²) < 4.78 is 0. The highest BCUT2D eigenvalue weighted by molar-refractivity contribution is 6.22. The molecule has 0 radical (unpaired) electrons. The highest BCUT2D eigenvalue weighted by Crippen LogP contribution is 2.45. The van der Waals surface area contributed by atoms with Crippen LogP contribution in [0.1, 0.15) is 5.56 Å². The van der Waals surface area contributed by atoms with Crippen molar-refractivity contribution in [1.29, 1.82) is 0 Å². The van der Waals surface area contributed by atoms with E-state index in [9.17, 15) is 0 Å². The molecule has 0 unspecified atom stereocenters. The van der Waals surface area contributed by atoms with Gasteiger partial charge in [0.2, 0.25) is 0 Å². The van der Waals surface area contributed by atoms with Gasteiger partial charge in [-0.3, -0.25) is 0 Å². The second-order valence-corrected chi connectivity index (χ2v) is 14.0. The molecule has 2 nitrogen and oxygen atoms in total. The molecule has 0 aromatic heterocycles. The van der Waals surface area contributed by atoms with Crippen LogP contribution in [0.5, 0.6) is 0 Å². The second-order valence-electron chi connectivity index (χ2n) is 14.0. The first-order valence-corrected chi connectivity index (χ1v) is 18.8. The molecule has 1 N–H and O–H groups in total. The zero-order valence-corrected chi connectivity index (χ0v) is 30.2. The third-order valence-electron chi connectivity index (χ3n) is 10.6. The monoisotopic (exact) mass is 700 g/mol. The summed E-state index contributed by atoms with van der Waals surface area (Å²) >= 11 is 0. The SMILES string of the molecule is c1ccc(N=C(Nc2ccccc2)c2ccc(-c3ccc4c(-c5ccc6ccccc6c5)c5ccccc5c(-c5ccc6ccccc6c5)c4c3)cc2)cc1. The molecule has 0 aliphatic heterocycles. The van der Waals surface area contributed by atoms with E-state index in [1.165, 1.54) is 70.9 Å². The van der Waals surface area contributed by atoms with E-state index >= 15 is 0 Å². The fourth-order valence-corrected chi connectivity index (χ4v) is 7.94. The van der Waals surface area contributed by atoms with E-state index < -0.39 is 0 Å². The molecule has 0 amide bonds. The lowest BCUT2D eigenvalue weighted by Crippen LogP contribution is -2.13. The zero-order valence-electron chi connectivity index (χ0n) is 30.2. The van der Waals surface area contributed by atoms with Gasteiger partial charge in [0.1, 0.15) is 5.84 Å². The molecule has 0 bridgehead atoms. The van der Waals surface area contributed by atoms with Crippen molar-refractivity contribution in [2.75, 3.05) is 5.32 Å². The topological polar surface area (TPSA) is 24.4 Å². The zero-order chi connectivity index (χ0) is 36.6. The number of nitrogens with one attached hydrogen (secondary N) is 1. The molecular formula is C53H36N2. The number of anilines is 1. The second kappa shape index (κ2) is 13.9. The lowest BCUT2D eigenvalue weighted by molar-refractivity contribution is 1.46. The molecule has 0 aliphatic rings. The van der Waals surface area contributed by atoms with E-state index in [0.29, 0.717) is 0 Å². The van der Waals surface area contributed by atoms with Gasteiger partial charge in [-0.1, -0.05) is 170 Å². The summed E-state index contributed by atoms with van der Waals surface area (Å²) in [6.45, 7) is 0. The number of hydrogen-bond acceptors (Lipinski definition) is 1. The van der Waals surface area contributed by atoms with Crippen LogP contribution in [-0.4, -0.2) is 5.84 Å². The molecule has 55 heavy (non-hydrogen) atoms. The summed E-state index contributed by atoms with van der Waals surface area (Å²) in [4.78, 5) is 5.03. The van der Waals surface area contributed by atoms with E-state index in [2.05, 4.69) is 169 Å². The number of amidine groups is 1. The molecule has 0 saturated carbocycles. The molecule has 10 aromatic rings. The number of benzene rings is 10. The smallest absolute Gasteiger partial charge is 0.138 e. The van der Waals surface area contributed by atoms with Crippen LogP contribution in [0.4, 0.5) is 11.4 Å². The van der Waals surface area contributed by atoms with Gasteiger partial charge in [-0.25, -0.2) is 4.99 Å². The molecule has 0 spiro atoms. The first kappa shape index (κ1) is 32.4. The first-order valence-electron chi connectivity index (χ1n) is 18.8. The standard InChI is InChI=1S/C53H36N2/c1-3-17-45(18-4-1)54-53(55-46-19-5-2-6-20-46)39-27-23-38(24-28-39)42-31-32-49-50(35-42)52(44-30-26-37-14-8-10-16-41(37)34-44)48-22-12-11-21-47(48)51(49)43-29-25-36-13-7-9-15-40(36)33-43/h1-35H,(H,54,55). The Kier molecular flexibility index (Phi) is 8.20. The summed E-state index contributed by atoms with van der Waals surface area (Å²) in [5.41, 5.74) is 10.2. The number of nitrogens with zero attached hydrogens (tertiary/aromatic N) is 1. The largest absolute Gasteiger partial charge is 0.340 e. The maximum Gasteiger partial charge on any atom is 0.138 e. The molecular weight excluding hydrogens is 665 g/mol. The van der Waals surface area contributed by atoms with Crippen LogP contribution < -0.4 is 5.32 Å². The Labute approximate surface area is 320 Å². The minimum atomic E-state index is 0.799. The van der Waals surface area contributed by atoms with Crippen molar-refractivity contribution in [3.63, 3.8) is 0 Å². The van der Waals surface area contributed by atoms with Crippen LogP contribution in [0.25, 0.3) is 76.5 Å². The summed E-state index contributed by atoms with van der Waals surface area (Å²) in [7, 11) is 0. The van der Waals surface area contributed by atoms with Crippen molar-refractivity contribution >= 4 is 60.3 Å². The van der Waals surface area contributed by atoms with Crippen molar-refractivity contribution in [2.45, 2.75) is 0 Å². The molecule has 0 saturated heterocycles. The number of rotatable bonds is 6. The fraction of sp³-hybridized carbons (Fsp3) is 0. The Morgan fingerprint density at radius 2 is 0.800 bits per heavy atom. The first-order chi connectivity index (χ1) is 27.2. The Morgan fingerprint density at radius 1 is 0.327 bits per heavy atom. The Bertz CT molecular complexity index is 3040. The van der Waals surface area contributed by atoms with Gasteiger partial charge in [-0.05, 0) is 119 Å². The van der Waals surface area contributed by atoms with E-state index in [1.807, 2.05) is 48.5 Å². The maximum absolute atomic E-state index is 5.03. The molecule has 0 aliphatic carbocycles. The van der Waals surface area contributed by atoms with Crippen molar-refractivity contribution in [2.24, 2.45) is 4.99 Å². The van der Waals surface area contributed by atoms with E-state index in [1.54, 1.807) is 0 Å². The molecule has 0 atom stereocenters. The number of hydrogen-bond donors (Lipinski definition) is 1. The van der Waals surface area contributed by atoms with E-state index in [0.717, 1.165) is 28.3 Å². The van der Waals surface area contributed by atoms with E-state index in [-0.39, 0.29) is 0 Å². The quantitative estimate of drug-likeness (QED) is 0.104. The van der Waals surface area contributed by atoms with Gasteiger partial charge in [0.25, 0.3) is 0 Å². The van der Waals surface area contributed by atoms with Crippen molar-refractivity contribution in [1.82, 2.24) is 0 Å². The summed E-state index contributed by atoms with van der Waals surface area (Å²) in [5, 5.41) is 13.5. The van der Waals surface area contributed by atoms with Gasteiger partial charge in [-0.2, -0.15) is 0 Å². The summed E-state index contributed by atoms with van der Waals surface area (Å²) in [6, 6.07) is 76.0. The number of para-hydroxylation sites is 2. The third kappa shape index (κ3) is 6.20. The van der Waals surface area contributed by atoms with Gasteiger partial charge in [-0.15, -0.1) is 0 Å². The Morgan fingerprint density at radius 3 is 1.42 bits per heavy atom. The van der Waals surface area contributed by atoms with Crippen LogP contribution in [0.3, 0.4) is 0 Å². The summed E-state index contributed by atoms with van der Waals surface area (Å²) in [5.74, 6) is 0.799. The van der Waals surface area contributed by atoms with Gasteiger partial charge >= 0.3 is 0 Å². The molecule has 2 heteroatoms. The maximum atomic E-state index is 5.03. The average molecular weight is 701 g/mol. The third-order valence-corrected chi connectivity index (χ3v) is 10.6. The van der Waals surface area contributed by atoms with Crippen LogP contribution in [-0.2, 0) is 0 Å². The molecule has 0 fully saturated rings. The van der Waals surface area contributed by atoms with Crippen molar-refractivity contribution in [3.8, 4) is 33.4 Å². The molecule has 10 rings (SSSR count). The minimum absolute atomic E-state index is 0.799. The van der Waals surface area contributed by atoms with Gasteiger partial charge < -0.3 is 5.32 Å². The summed E-state index contributed by atoms with van der Waals surface area (Å²) in [6.07, 6.45) is 0. The van der Waals surface area contributed by atoms with Crippen molar-refractivity contribution < 1.29 is 0 Å². The molecule has 258 valence electrons. The Balaban J connectivity index is 1.16. The molecule has 0 heterocycles. The Hall–Kier alpha value is -7.29. The highest BCUT2D eigenvalue weighted by Gasteiger charge is 2.18. The predicted octanol–water partition coefficient (Wildman–Crippen LogP) is 14.5. The average Bonchev–Trinajstić information content (AvgIpc) is 3.25. The van der Waals surface area contributed by atoms with Crippen LogP contribution in [0, 0.1) is 0 Å². The van der Waals surface area contributed by atoms with E-state index in [4.69, 9.17) is 4.99 Å². The van der Waals surface area contributed by atoms with Gasteiger partial charge in [0.05, 0.1) is 5.69 Å². The molecule has 10 aromatic carbocycles. The lowest BCUT2D eigenvalue weighted by atomic mass is 9.84. The number of fused-ring (bicyclic) bond motifs is 4. The minimum Gasteiger partial charge on any atom is -0.340 e. The number of aliphatic imine (C=N–C) groups is 1. The predicted molar refractivity (Wildman–Crippen MR) is 235 cm³/mol. The van der Waals surface area contributed by atoms with Crippen molar-refractivity contribution in [3.05, 3.63) is 218 Å². The highest BCUT2D eigenvalue weighted by atomic mass is 15.0. The van der Waals surface area contributed by atoms with Gasteiger partial charge in [0.15, 0.2) is 0 Å². The van der Waals surface area contributed by atoms with Crippen LogP contribution in [0.15, 0.2) is 217 Å². The van der Waals surface area contributed by atoms with Gasteiger partial charge in [0, 0.05) is 11.3 Å². The lowest BCUT2D eigenvalue weighted by Gasteiger charge is -2.19. The van der Waals surface area contributed by atoms with Crippen LogP contribution >= 0.6 is 0 Å².